The van der Waals surface area contributed by atoms with Gasteiger partial charge in [0.1, 0.15) is 0 Å². The molecule has 23 heavy (non-hydrogen) atoms. The molecule has 0 bridgehead atoms. The Hall–Kier alpha value is -2.14. The van der Waals surface area contributed by atoms with E-state index in [1.807, 2.05) is 25.1 Å². The number of aryl methyl sites for hydroxylation is 1. The number of carbonyl (C=O) groups is 2. The third-order valence-electron chi connectivity index (χ3n) is 3.46. The predicted octanol–water partition coefficient (Wildman–Crippen LogP) is 4.46. The molecule has 2 rings (SSSR count). The Bertz CT molecular complexity index is 724. The Morgan fingerprint density at radius 1 is 0.913 bits per heavy atom. The molecule has 2 aromatic rings. The third kappa shape index (κ3) is 4.66. The number of nitrogens with one attached hydrogen (secondary N) is 2. The number of carbonyl (C=O) groups excluding carboxylic acids is 2. The van der Waals surface area contributed by atoms with Crippen LogP contribution in [0.25, 0.3) is 0 Å². The fraction of sp³-hybridized carbons (Fsp3) is 0.222. The molecule has 0 aliphatic rings. The van der Waals surface area contributed by atoms with Crippen molar-refractivity contribution < 1.29 is 9.59 Å². The summed E-state index contributed by atoms with van der Waals surface area (Å²) >= 11 is 3.39. The molecule has 0 heterocycles. The highest BCUT2D eigenvalue weighted by atomic mass is 79.9. The first-order valence-corrected chi connectivity index (χ1v) is 8.14. The van der Waals surface area contributed by atoms with Gasteiger partial charge in [-0.25, -0.2) is 0 Å². The Morgan fingerprint density at radius 2 is 1.43 bits per heavy atom. The molecular weight excluding hydrogens is 356 g/mol. The van der Waals surface area contributed by atoms with Crippen molar-refractivity contribution in [2.24, 2.45) is 0 Å². The quantitative estimate of drug-likeness (QED) is 0.779. The normalized spacial score (nSPS) is 10.5. The number of anilines is 2. The lowest BCUT2D eigenvalue weighted by atomic mass is 10.0. The van der Waals surface area contributed by atoms with Crippen molar-refractivity contribution in [2.45, 2.75) is 26.7 Å². The van der Waals surface area contributed by atoms with Crippen molar-refractivity contribution in [1.82, 2.24) is 0 Å². The summed E-state index contributed by atoms with van der Waals surface area (Å²) in [7, 11) is 0. The van der Waals surface area contributed by atoms with Gasteiger partial charge < -0.3 is 10.6 Å². The highest BCUT2D eigenvalue weighted by Crippen LogP contribution is 2.20. The minimum Gasteiger partial charge on any atom is -0.318 e. The molecular formula is C18H19BrN2O2. The van der Waals surface area contributed by atoms with Crippen LogP contribution in [0.15, 0.2) is 46.9 Å². The summed E-state index contributed by atoms with van der Waals surface area (Å²) in [4.78, 5) is 23.9. The Morgan fingerprint density at radius 3 is 1.96 bits per heavy atom. The fourth-order valence-corrected chi connectivity index (χ4v) is 2.30. The van der Waals surface area contributed by atoms with Crippen LogP contribution < -0.4 is 10.6 Å². The summed E-state index contributed by atoms with van der Waals surface area (Å²) in [5, 5.41) is 5.18. The fourth-order valence-electron chi connectivity index (χ4n) is 2.05. The minimum absolute atomic E-state index is 0.420. The first-order valence-electron chi connectivity index (χ1n) is 7.35. The van der Waals surface area contributed by atoms with E-state index in [1.54, 1.807) is 24.3 Å². The summed E-state index contributed by atoms with van der Waals surface area (Å²) < 4.78 is 0.949. The Labute approximate surface area is 144 Å². The predicted molar refractivity (Wildman–Crippen MR) is 96.7 cm³/mol. The van der Waals surface area contributed by atoms with Gasteiger partial charge in [0.05, 0.1) is 0 Å². The second-order valence-electron chi connectivity index (χ2n) is 5.65. The van der Waals surface area contributed by atoms with Crippen LogP contribution in [-0.2, 0) is 9.59 Å². The maximum atomic E-state index is 12.0. The highest BCUT2D eigenvalue weighted by Gasteiger charge is 2.14. The number of benzene rings is 2. The molecule has 0 aliphatic carbocycles. The van der Waals surface area contributed by atoms with E-state index in [-0.39, 0.29) is 0 Å². The molecule has 0 spiro atoms. The molecule has 0 radical (unpaired) electrons. The highest BCUT2D eigenvalue weighted by molar-refractivity contribution is 9.10. The number of hydrogen-bond donors (Lipinski definition) is 2. The average Bonchev–Trinajstić information content (AvgIpc) is 2.51. The molecule has 2 aromatic carbocycles. The van der Waals surface area contributed by atoms with Gasteiger partial charge in [0, 0.05) is 15.8 Å². The zero-order valence-electron chi connectivity index (χ0n) is 13.3. The van der Waals surface area contributed by atoms with Gasteiger partial charge in [0.25, 0.3) is 0 Å². The number of amides is 2. The molecule has 0 atom stereocenters. The molecule has 0 saturated heterocycles. The van der Waals surface area contributed by atoms with Crippen LogP contribution in [0.5, 0.6) is 0 Å². The Kier molecular flexibility index (Phi) is 5.55. The van der Waals surface area contributed by atoms with Crippen LogP contribution in [0.1, 0.15) is 30.9 Å². The smallest absolute Gasteiger partial charge is 0.314 e. The lowest BCUT2D eigenvalue weighted by molar-refractivity contribution is -0.132. The van der Waals surface area contributed by atoms with Crippen molar-refractivity contribution in [3.63, 3.8) is 0 Å². The van der Waals surface area contributed by atoms with E-state index < -0.39 is 11.8 Å². The zero-order chi connectivity index (χ0) is 17.0. The zero-order valence-corrected chi connectivity index (χ0v) is 14.9. The molecule has 0 unspecified atom stereocenters. The van der Waals surface area contributed by atoms with Crippen LogP contribution in [0, 0.1) is 6.92 Å². The maximum absolute atomic E-state index is 12.0. The van der Waals surface area contributed by atoms with Crippen molar-refractivity contribution in [3.8, 4) is 0 Å². The molecule has 4 nitrogen and oxygen atoms in total. The molecule has 0 aromatic heterocycles. The monoisotopic (exact) mass is 374 g/mol. The number of halogens is 1. The van der Waals surface area contributed by atoms with Gasteiger partial charge >= 0.3 is 11.8 Å². The van der Waals surface area contributed by atoms with Gasteiger partial charge in [0.15, 0.2) is 0 Å². The second-order valence-corrected chi connectivity index (χ2v) is 6.50. The summed E-state index contributed by atoms with van der Waals surface area (Å²) in [6.45, 7) is 6.11. The van der Waals surface area contributed by atoms with Gasteiger partial charge in [-0.2, -0.15) is 0 Å². The summed E-state index contributed by atoms with van der Waals surface area (Å²) in [6, 6.07) is 12.8. The molecule has 2 amide bonds. The molecule has 0 fully saturated rings. The minimum atomic E-state index is -0.695. The van der Waals surface area contributed by atoms with Gasteiger partial charge in [-0.3, -0.25) is 9.59 Å². The van der Waals surface area contributed by atoms with E-state index in [2.05, 4.69) is 40.4 Å². The number of rotatable bonds is 3. The summed E-state index contributed by atoms with van der Waals surface area (Å²) in [5.74, 6) is -0.966. The third-order valence-corrected chi connectivity index (χ3v) is 4.35. The van der Waals surface area contributed by atoms with Crippen LogP contribution in [0.4, 0.5) is 11.4 Å². The second kappa shape index (κ2) is 7.42. The summed E-state index contributed by atoms with van der Waals surface area (Å²) in [5.41, 5.74) is 3.34. The SMILES string of the molecule is Cc1cc(NC(=O)C(=O)Nc2ccc(C(C)C)cc2)ccc1Br. The molecule has 0 saturated carbocycles. The van der Waals surface area contributed by atoms with Crippen LogP contribution in [0.3, 0.4) is 0 Å². The van der Waals surface area contributed by atoms with E-state index in [9.17, 15) is 9.59 Å². The average molecular weight is 375 g/mol. The van der Waals surface area contributed by atoms with E-state index in [0.717, 1.165) is 10.0 Å². The molecule has 0 aliphatic heterocycles. The van der Waals surface area contributed by atoms with Crippen molar-refractivity contribution in [3.05, 3.63) is 58.1 Å². The van der Waals surface area contributed by atoms with Crippen LogP contribution >= 0.6 is 15.9 Å². The van der Waals surface area contributed by atoms with Gasteiger partial charge in [-0.15, -0.1) is 0 Å². The van der Waals surface area contributed by atoms with E-state index >= 15 is 0 Å². The number of hydrogen-bond acceptors (Lipinski definition) is 2. The van der Waals surface area contributed by atoms with Crippen molar-refractivity contribution in [1.29, 1.82) is 0 Å². The van der Waals surface area contributed by atoms with Crippen LogP contribution in [0.2, 0.25) is 0 Å². The van der Waals surface area contributed by atoms with E-state index in [1.165, 1.54) is 5.56 Å². The van der Waals surface area contributed by atoms with Gasteiger partial charge in [-0.1, -0.05) is 41.9 Å². The lowest BCUT2D eigenvalue weighted by Crippen LogP contribution is -2.29. The molecule has 5 heteroatoms. The summed E-state index contributed by atoms with van der Waals surface area (Å²) in [6.07, 6.45) is 0. The first-order chi connectivity index (χ1) is 10.9. The Balaban J connectivity index is 1.99. The molecule has 2 N–H and O–H groups in total. The van der Waals surface area contributed by atoms with Crippen LogP contribution in [-0.4, -0.2) is 11.8 Å². The van der Waals surface area contributed by atoms with E-state index in [4.69, 9.17) is 0 Å². The standard InChI is InChI=1S/C18H19BrN2O2/c1-11(2)13-4-6-14(7-5-13)20-17(22)18(23)21-15-8-9-16(19)12(3)10-15/h4-11H,1-3H3,(H,20,22)(H,21,23). The van der Waals surface area contributed by atoms with Crippen molar-refractivity contribution in [2.75, 3.05) is 10.6 Å². The largest absolute Gasteiger partial charge is 0.318 e. The first kappa shape index (κ1) is 17.2. The van der Waals surface area contributed by atoms with Gasteiger partial charge in [-0.05, 0) is 54.3 Å². The topological polar surface area (TPSA) is 58.2 Å². The van der Waals surface area contributed by atoms with Crippen molar-refractivity contribution >= 4 is 39.1 Å². The lowest BCUT2D eigenvalue weighted by Gasteiger charge is -2.09. The molecule has 120 valence electrons. The van der Waals surface area contributed by atoms with E-state index in [0.29, 0.717) is 17.3 Å². The maximum Gasteiger partial charge on any atom is 0.314 e. The van der Waals surface area contributed by atoms with Gasteiger partial charge in [0.2, 0.25) is 0 Å².